The van der Waals surface area contributed by atoms with E-state index in [1.165, 1.54) is 0 Å². The predicted molar refractivity (Wildman–Crippen MR) is 47.3 cm³/mol. The molecule has 1 heterocycles. The molecule has 2 N–H and O–H groups in total. The normalized spacial score (nSPS) is 24.8. The van der Waals surface area contributed by atoms with Crippen LogP contribution in [0.15, 0.2) is 4.99 Å². The third kappa shape index (κ3) is 2.79. The first-order valence-corrected chi connectivity index (χ1v) is 4.21. The molecule has 1 atom stereocenters. The van der Waals surface area contributed by atoms with Gasteiger partial charge in [-0.25, -0.2) is 0 Å². The van der Waals surface area contributed by atoms with Gasteiger partial charge in [-0.1, -0.05) is 0 Å². The Bertz CT molecular complexity index is 159. The smallest absolute Gasteiger partial charge is 0.0993 e. The van der Waals surface area contributed by atoms with Crippen LogP contribution in [0.25, 0.3) is 0 Å². The molecule has 1 rings (SSSR count). The lowest BCUT2D eigenvalue weighted by atomic mass is 10.1. The molecule has 0 radical (unpaired) electrons. The lowest BCUT2D eigenvalue weighted by Crippen LogP contribution is -2.27. The molecule has 0 aromatic heterocycles. The first-order chi connectivity index (χ1) is 5.84. The van der Waals surface area contributed by atoms with Gasteiger partial charge >= 0.3 is 0 Å². The number of amidine groups is 1. The monoisotopic (exact) mass is 172 g/mol. The topological polar surface area (TPSA) is 56.8 Å². The summed E-state index contributed by atoms with van der Waals surface area (Å²) in [6.07, 6.45) is 0.895. The Kier molecular flexibility index (Phi) is 4.04. The van der Waals surface area contributed by atoms with Crippen LogP contribution < -0.4 is 5.73 Å². The van der Waals surface area contributed by atoms with E-state index in [0.717, 1.165) is 6.42 Å². The van der Waals surface area contributed by atoms with Gasteiger partial charge in [-0.15, -0.1) is 0 Å². The number of nitrogens with zero attached hydrogens (tertiary/aromatic N) is 1. The summed E-state index contributed by atoms with van der Waals surface area (Å²) in [5.74, 6) is 0.956. The highest BCUT2D eigenvalue weighted by Gasteiger charge is 2.15. The minimum Gasteiger partial charge on any atom is -0.387 e. The summed E-state index contributed by atoms with van der Waals surface area (Å²) in [6.45, 7) is 2.77. The Labute approximate surface area is 72.8 Å². The van der Waals surface area contributed by atoms with Crippen LogP contribution in [0.4, 0.5) is 0 Å². The molecule has 0 fully saturated rings. The summed E-state index contributed by atoms with van der Waals surface area (Å²) < 4.78 is 10.3. The Balaban J connectivity index is 2.37. The number of aliphatic imine (C=N–C) groups is 1. The van der Waals surface area contributed by atoms with Gasteiger partial charge < -0.3 is 15.2 Å². The van der Waals surface area contributed by atoms with Gasteiger partial charge in [-0.2, -0.15) is 0 Å². The third-order valence-corrected chi connectivity index (χ3v) is 1.94. The summed E-state index contributed by atoms with van der Waals surface area (Å²) >= 11 is 0. The zero-order valence-electron chi connectivity index (χ0n) is 7.45. The van der Waals surface area contributed by atoms with Gasteiger partial charge in [0.15, 0.2) is 0 Å². The molecule has 0 saturated carbocycles. The lowest BCUT2D eigenvalue weighted by Gasteiger charge is -2.12. The van der Waals surface area contributed by atoms with Gasteiger partial charge in [0.25, 0.3) is 0 Å². The second-order valence-electron chi connectivity index (χ2n) is 2.86. The molecule has 0 spiro atoms. The molecule has 70 valence electrons. The summed E-state index contributed by atoms with van der Waals surface area (Å²) in [7, 11) is 1.69. The van der Waals surface area contributed by atoms with E-state index in [4.69, 9.17) is 15.2 Å². The fraction of sp³-hybridized carbons (Fsp3) is 0.875. The van der Waals surface area contributed by atoms with Crippen molar-refractivity contribution < 1.29 is 9.47 Å². The Morgan fingerprint density at radius 1 is 1.75 bits per heavy atom. The molecule has 1 unspecified atom stereocenters. The SMILES string of the molecule is COCCC1COCCN=C1N. The number of ether oxygens (including phenoxy) is 2. The minimum atomic E-state index is 0.243. The van der Waals surface area contributed by atoms with Crippen LogP contribution >= 0.6 is 0 Å². The average Bonchev–Trinajstić information content (AvgIpc) is 2.27. The van der Waals surface area contributed by atoms with Crippen LogP contribution in [0.5, 0.6) is 0 Å². The maximum atomic E-state index is 5.73. The van der Waals surface area contributed by atoms with Crippen LogP contribution in [-0.2, 0) is 9.47 Å². The molecule has 1 aliphatic rings. The van der Waals surface area contributed by atoms with Gasteiger partial charge in [0, 0.05) is 19.6 Å². The molecular weight excluding hydrogens is 156 g/mol. The first kappa shape index (κ1) is 9.48. The first-order valence-electron chi connectivity index (χ1n) is 4.21. The summed E-state index contributed by atoms with van der Waals surface area (Å²) in [5.41, 5.74) is 5.73. The summed E-state index contributed by atoms with van der Waals surface area (Å²) in [4.78, 5) is 4.17. The van der Waals surface area contributed by atoms with Crippen molar-refractivity contribution in [3.8, 4) is 0 Å². The third-order valence-electron chi connectivity index (χ3n) is 1.94. The zero-order chi connectivity index (χ0) is 8.81. The molecule has 0 amide bonds. The second kappa shape index (κ2) is 5.11. The fourth-order valence-electron chi connectivity index (χ4n) is 1.17. The molecule has 1 aliphatic heterocycles. The molecule has 0 aromatic carbocycles. The number of hydrogen-bond acceptors (Lipinski definition) is 4. The molecule has 4 heteroatoms. The van der Waals surface area contributed by atoms with Crippen molar-refractivity contribution in [1.29, 1.82) is 0 Å². The molecule has 0 bridgehead atoms. The van der Waals surface area contributed by atoms with Crippen molar-refractivity contribution in [2.24, 2.45) is 16.6 Å². The average molecular weight is 172 g/mol. The van der Waals surface area contributed by atoms with Crippen molar-refractivity contribution in [3.63, 3.8) is 0 Å². The fourth-order valence-corrected chi connectivity index (χ4v) is 1.17. The van der Waals surface area contributed by atoms with E-state index in [0.29, 0.717) is 32.2 Å². The zero-order valence-corrected chi connectivity index (χ0v) is 7.45. The molecule has 0 aliphatic carbocycles. The molecule has 0 aromatic rings. The number of nitrogens with two attached hydrogens (primary N) is 1. The van der Waals surface area contributed by atoms with Crippen LogP contribution in [-0.4, -0.2) is 39.3 Å². The van der Waals surface area contributed by atoms with Crippen molar-refractivity contribution in [3.05, 3.63) is 0 Å². The van der Waals surface area contributed by atoms with E-state index >= 15 is 0 Å². The van der Waals surface area contributed by atoms with Crippen molar-refractivity contribution in [2.45, 2.75) is 6.42 Å². The quantitative estimate of drug-likeness (QED) is 0.653. The number of methoxy groups -OCH3 is 1. The van der Waals surface area contributed by atoms with E-state index in [-0.39, 0.29) is 5.92 Å². The van der Waals surface area contributed by atoms with Crippen molar-refractivity contribution in [1.82, 2.24) is 0 Å². The second-order valence-corrected chi connectivity index (χ2v) is 2.86. The van der Waals surface area contributed by atoms with Gasteiger partial charge in [0.2, 0.25) is 0 Å². The Hall–Kier alpha value is -0.610. The Morgan fingerprint density at radius 3 is 3.33 bits per heavy atom. The van der Waals surface area contributed by atoms with E-state index in [9.17, 15) is 0 Å². The summed E-state index contributed by atoms with van der Waals surface area (Å²) in [5, 5.41) is 0. The van der Waals surface area contributed by atoms with Gasteiger partial charge in [-0.05, 0) is 6.42 Å². The van der Waals surface area contributed by atoms with Crippen LogP contribution in [0.2, 0.25) is 0 Å². The van der Waals surface area contributed by atoms with Gasteiger partial charge in [0.1, 0.15) is 0 Å². The summed E-state index contributed by atoms with van der Waals surface area (Å²) in [6, 6.07) is 0. The van der Waals surface area contributed by atoms with Crippen LogP contribution in [0.1, 0.15) is 6.42 Å². The van der Waals surface area contributed by atoms with Gasteiger partial charge in [0.05, 0.1) is 25.6 Å². The maximum Gasteiger partial charge on any atom is 0.0993 e. The van der Waals surface area contributed by atoms with E-state index in [2.05, 4.69) is 4.99 Å². The number of rotatable bonds is 3. The molecular formula is C8H16N2O2. The highest BCUT2D eigenvalue weighted by atomic mass is 16.5. The highest BCUT2D eigenvalue weighted by molar-refractivity contribution is 5.83. The van der Waals surface area contributed by atoms with E-state index < -0.39 is 0 Å². The van der Waals surface area contributed by atoms with Crippen LogP contribution in [0.3, 0.4) is 0 Å². The standard InChI is InChI=1S/C8H16N2O2/c1-11-4-2-7-6-12-5-3-10-8(7)9/h7H,2-6H2,1H3,(H2,9,10). The predicted octanol–water partition coefficient (Wildman–Crippen LogP) is 0.0265. The van der Waals surface area contributed by atoms with Crippen molar-refractivity contribution >= 4 is 5.84 Å². The number of hydrogen-bond donors (Lipinski definition) is 1. The van der Waals surface area contributed by atoms with E-state index in [1.807, 2.05) is 0 Å². The van der Waals surface area contributed by atoms with Crippen molar-refractivity contribution in [2.75, 3.05) is 33.5 Å². The minimum absolute atomic E-state index is 0.243. The highest BCUT2D eigenvalue weighted by Crippen LogP contribution is 2.07. The van der Waals surface area contributed by atoms with Crippen LogP contribution in [0, 0.1) is 5.92 Å². The largest absolute Gasteiger partial charge is 0.387 e. The van der Waals surface area contributed by atoms with Gasteiger partial charge in [-0.3, -0.25) is 4.99 Å². The van der Waals surface area contributed by atoms with E-state index in [1.54, 1.807) is 7.11 Å². The Morgan fingerprint density at radius 2 is 2.58 bits per heavy atom. The maximum absolute atomic E-state index is 5.73. The molecule has 4 nitrogen and oxygen atoms in total. The molecule has 0 saturated heterocycles. The molecule has 12 heavy (non-hydrogen) atoms. The lowest BCUT2D eigenvalue weighted by molar-refractivity contribution is 0.112.